The standard InChI is InChI=1S/C24H25F2N5O3S/c1-14(15-6-7-15)30-35(32,33)18-12-28-23(29-13-18)22-20(11-27)19-9-8-17(34-24(25)26)10-21(19)31(22)16-4-2-3-5-16/h8-10,12-16,24,30H,2-7H2,1H3/t14-/m0/s1. The molecule has 2 aliphatic rings. The second kappa shape index (κ2) is 9.17. The highest BCUT2D eigenvalue weighted by Crippen LogP contribution is 2.41. The average molecular weight is 502 g/mol. The molecule has 184 valence electrons. The van der Waals surface area contributed by atoms with Gasteiger partial charge in [0, 0.05) is 23.5 Å². The Morgan fingerprint density at radius 1 is 1.17 bits per heavy atom. The minimum Gasteiger partial charge on any atom is -0.435 e. The second-order valence-electron chi connectivity index (χ2n) is 9.19. The second-order valence-corrected chi connectivity index (χ2v) is 10.9. The van der Waals surface area contributed by atoms with Crippen LogP contribution in [-0.2, 0) is 10.0 Å². The number of fused-ring (bicyclic) bond motifs is 1. The van der Waals surface area contributed by atoms with Crippen LogP contribution >= 0.6 is 0 Å². The molecule has 0 spiro atoms. The van der Waals surface area contributed by atoms with Gasteiger partial charge in [0.2, 0.25) is 10.0 Å². The monoisotopic (exact) mass is 501 g/mol. The van der Waals surface area contributed by atoms with Crippen LogP contribution in [0.4, 0.5) is 8.78 Å². The molecule has 2 saturated carbocycles. The molecule has 2 aliphatic carbocycles. The number of halogens is 2. The first-order chi connectivity index (χ1) is 16.8. The number of hydrogen-bond acceptors (Lipinski definition) is 6. The van der Waals surface area contributed by atoms with Gasteiger partial charge in [-0.2, -0.15) is 14.0 Å². The highest BCUT2D eigenvalue weighted by Gasteiger charge is 2.32. The van der Waals surface area contributed by atoms with Crippen LogP contribution in [-0.4, -0.2) is 35.6 Å². The fourth-order valence-electron chi connectivity index (χ4n) is 4.92. The van der Waals surface area contributed by atoms with Gasteiger partial charge < -0.3 is 9.30 Å². The fourth-order valence-corrected chi connectivity index (χ4v) is 6.12. The zero-order valence-corrected chi connectivity index (χ0v) is 19.9. The number of nitrogens with zero attached hydrogens (tertiary/aromatic N) is 4. The lowest BCUT2D eigenvalue weighted by molar-refractivity contribution is -0.0497. The largest absolute Gasteiger partial charge is 0.435 e. The molecule has 2 aromatic heterocycles. The van der Waals surface area contributed by atoms with Gasteiger partial charge >= 0.3 is 6.61 Å². The van der Waals surface area contributed by atoms with Gasteiger partial charge in [0.25, 0.3) is 0 Å². The highest BCUT2D eigenvalue weighted by molar-refractivity contribution is 7.89. The molecule has 0 bridgehead atoms. The maximum absolute atomic E-state index is 12.8. The van der Waals surface area contributed by atoms with Crippen molar-refractivity contribution in [1.82, 2.24) is 19.3 Å². The smallest absolute Gasteiger partial charge is 0.387 e. The summed E-state index contributed by atoms with van der Waals surface area (Å²) in [6.07, 6.45) is 8.22. The molecule has 3 aromatic rings. The predicted octanol–water partition coefficient (Wildman–Crippen LogP) is 4.76. The van der Waals surface area contributed by atoms with E-state index in [1.165, 1.54) is 24.5 Å². The molecule has 0 aliphatic heterocycles. The van der Waals surface area contributed by atoms with E-state index in [2.05, 4.69) is 25.5 Å². The minimum absolute atomic E-state index is 0.00139. The molecule has 0 saturated heterocycles. The Labute approximate surface area is 202 Å². The zero-order chi connectivity index (χ0) is 24.7. The molecule has 1 aromatic carbocycles. The van der Waals surface area contributed by atoms with E-state index in [0.717, 1.165) is 38.5 Å². The number of nitriles is 1. The fraction of sp³-hybridized carbons (Fsp3) is 0.458. The van der Waals surface area contributed by atoms with Crippen LogP contribution in [0.2, 0.25) is 0 Å². The summed E-state index contributed by atoms with van der Waals surface area (Å²) >= 11 is 0. The van der Waals surface area contributed by atoms with Crippen molar-refractivity contribution in [1.29, 1.82) is 5.26 Å². The van der Waals surface area contributed by atoms with Gasteiger partial charge in [-0.1, -0.05) is 12.8 Å². The molecule has 2 fully saturated rings. The van der Waals surface area contributed by atoms with Crippen molar-refractivity contribution in [2.24, 2.45) is 5.92 Å². The summed E-state index contributed by atoms with van der Waals surface area (Å²) in [7, 11) is -3.78. The van der Waals surface area contributed by atoms with Gasteiger partial charge in [0.05, 0.1) is 23.5 Å². The first-order valence-corrected chi connectivity index (χ1v) is 13.1. The van der Waals surface area contributed by atoms with Crippen molar-refractivity contribution in [2.45, 2.75) is 69.0 Å². The Kier molecular flexibility index (Phi) is 6.19. The summed E-state index contributed by atoms with van der Waals surface area (Å²) in [6.45, 7) is -1.12. The molecule has 0 amide bonds. The van der Waals surface area contributed by atoms with Crippen molar-refractivity contribution in [2.75, 3.05) is 0 Å². The number of rotatable bonds is 8. The van der Waals surface area contributed by atoms with Crippen LogP contribution in [0.1, 0.15) is 57.1 Å². The van der Waals surface area contributed by atoms with Gasteiger partial charge in [0.15, 0.2) is 5.82 Å². The number of alkyl halides is 2. The van der Waals surface area contributed by atoms with E-state index in [1.54, 1.807) is 6.07 Å². The lowest BCUT2D eigenvalue weighted by Gasteiger charge is -2.18. The molecule has 0 radical (unpaired) electrons. The molecular weight excluding hydrogens is 476 g/mol. The molecular formula is C24H25F2N5O3S. The van der Waals surface area contributed by atoms with Crippen LogP contribution < -0.4 is 9.46 Å². The number of benzene rings is 1. The SMILES string of the molecule is C[C@H](NS(=O)(=O)c1cnc(-c2c(C#N)c3ccc(OC(F)F)cc3n2C2CCCC2)nc1)C1CC1. The third-order valence-corrected chi connectivity index (χ3v) is 8.34. The number of nitrogens with one attached hydrogen (secondary N) is 1. The topological polar surface area (TPSA) is 110 Å². The molecule has 2 heterocycles. The van der Waals surface area contributed by atoms with Crippen LogP contribution in [0.3, 0.4) is 0 Å². The Morgan fingerprint density at radius 3 is 2.46 bits per heavy atom. The number of sulfonamides is 1. The third-order valence-electron chi connectivity index (χ3n) is 6.82. The molecule has 1 atom stereocenters. The van der Waals surface area contributed by atoms with Gasteiger partial charge in [-0.15, -0.1) is 0 Å². The third kappa shape index (κ3) is 4.60. The number of aromatic nitrogens is 3. The Hall–Kier alpha value is -3.10. The lowest BCUT2D eigenvalue weighted by atomic mass is 10.1. The van der Waals surface area contributed by atoms with Crippen LogP contribution in [0.25, 0.3) is 22.4 Å². The summed E-state index contributed by atoms with van der Waals surface area (Å²) in [5.74, 6) is 0.554. The molecule has 1 N–H and O–H groups in total. The van der Waals surface area contributed by atoms with Gasteiger partial charge in [0.1, 0.15) is 22.4 Å². The van der Waals surface area contributed by atoms with Crippen molar-refractivity contribution in [3.8, 4) is 23.3 Å². The molecule has 11 heteroatoms. The summed E-state index contributed by atoms with van der Waals surface area (Å²) < 4.78 is 60.4. The maximum atomic E-state index is 12.8. The van der Waals surface area contributed by atoms with Gasteiger partial charge in [-0.3, -0.25) is 0 Å². The van der Waals surface area contributed by atoms with E-state index >= 15 is 0 Å². The summed E-state index contributed by atoms with van der Waals surface area (Å²) in [4.78, 5) is 8.62. The zero-order valence-electron chi connectivity index (χ0n) is 19.1. The van der Waals surface area contributed by atoms with Crippen molar-refractivity contribution < 1.29 is 21.9 Å². The highest BCUT2D eigenvalue weighted by atomic mass is 32.2. The van der Waals surface area contributed by atoms with Crippen molar-refractivity contribution >= 4 is 20.9 Å². The van der Waals surface area contributed by atoms with Gasteiger partial charge in [-0.05, 0) is 50.7 Å². The maximum Gasteiger partial charge on any atom is 0.387 e. The Balaban J connectivity index is 1.59. The van der Waals surface area contributed by atoms with E-state index in [4.69, 9.17) is 0 Å². The average Bonchev–Trinajstić information content (AvgIpc) is 3.44. The summed E-state index contributed by atoms with van der Waals surface area (Å²) in [5.41, 5.74) is 1.35. The molecule has 5 rings (SSSR count). The lowest BCUT2D eigenvalue weighted by Crippen LogP contribution is -2.34. The van der Waals surface area contributed by atoms with Crippen molar-refractivity contribution in [3.63, 3.8) is 0 Å². The van der Waals surface area contributed by atoms with Crippen molar-refractivity contribution in [3.05, 3.63) is 36.2 Å². The van der Waals surface area contributed by atoms with E-state index in [-0.39, 0.29) is 28.6 Å². The first-order valence-electron chi connectivity index (χ1n) is 11.7. The summed E-state index contributed by atoms with van der Waals surface area (Å²) in [5, 5.41) is 10.6. The predicted molar refractivity (Wildman–Crippen MR) is 124 cm³/mol. The van der Waals surface area contributed by atoms with Crippen LogP contribution in [0.5, 0.6) is 5.75 Å². The molecule has 8 nitrogen and oxygen atoms in total. The van der Waals surface area contributed by atoms with E-state index < -0.39 is 16.6 Å². The van der Waals surface area contributed by atoms with Crippen LogP contribution in [0, 0.1) is 17.2 Å². The number of ether oxygens (including phenoxy) is 1. The van der Waals surface area contributed by atoms with Gasteiger partial charge in [-0.25, -0.2) is 23.1 Å². The Bertz CT molecular complexity index is 1390. The summed E-state index contributed by atoms with van der Waals surface area (Å²) in [6, 6.07) is 6.57. The molecule has 0 unspecified atom stereocenters. The van der Waals surface area contributed by atoms with E-state index in [0.29, 0.717) is 28.1 Å². The minimum atomic E-state index is -3.78. The van der Waals surface area contributed by atoms with Crippen LogP contribution in [0.15, 0.2) is 35.5 Å². The quantitative estimate of drug-likeness (QED) is 0.476. The van der Waals surface area contributed by atoms with E-state index in [1.807, 2.05) is 11.5 Å². The molecule has 35 heavy (non-hydrogen) atoms. The van der Waals surface area contributed by atoms with E-state index in [9.17, 15) is 22.5 Å². The normalized spacial score (nSPS) is 17.7. The number of hydrogen-bond donors (Lipinski definition) is 1. The Morgan fingerprint density at radius 2 is 1.86 bits per heavy atom. The first kappa shape index (κ1) is 23.6.